The number of rotatable bonds is 5. The monoisotopic (exact) mass is 481 g/mol. The zero-order valence-corrected chi connectivity index (χ0v) is 20.5. The maximum absolute atomic E-state index is 13.7. The number of ether oxygens (including phenoxy) is 1. The predicted octanol–water partition coefficient (Wildman–Crippen LogP) is 5.47. The quantitative estimate of drug-likeness (QED) is 0.379. The van der Waals surface area contributed by atoms with Crippen molar-refractivity contribution in [3.05, 3.63) is 71.3 Å². The Kier molecular flexibility index (Phi) is 7.29. The van der Waals surface area contributed by atoms with Gasteiger partial charge in [0.25, 0.3) is 5.91 Å². The highest BCUT2D eigenvalue weighted by molar-refractivity contribution is 7.22. The van der Waals surface area contributed by atoms with Gasteiger partial charge >= 0.3 is 0 Å². The van der Waals surface area contributed by atoms with E-state index in [9.17, 15) is 4.79 Å². The van der Waals surface area contributed by atoms with Crippen molar-refractivity contribution in [3.63, 3.8) is 0 Å². The molecule has 0 N–H and O–H groups in total. The van der Waals surface area contributed by atoms with E-state index in [1.165, 1.54) is 11.1 Å². The second-order valence-corrected chi connectivity index (χ2v) is 9.33. The molecular weight excluding hydrogens is 454 g/mol. The van der Waals surface area contributed by atoms with Gasteiger partial charge in [0.1, 0.15) is 0 Å². The number of morpholine rings is 1. The van der Waals surface area contributed by atoms with Gasteiger partial charge in [0, 0.05) is 31.7 Å². The number of nitrogens with zero attached hydrogens (tertiary/aromatic N) is 3. The van der Waals surface area contributed by atoms with Crippen molar-refractivity contribution in [1.29, 1.82) is 0 Å². The molecule has 4 aromatic rings. The van der Waals surface area contributed by atoms with E-state index < -0.39 is 0 Å². The molecule has 1 saturated heterocycles. The first kappa shape index (κ1) is 23.6. The molecule has 5 rings (SSSR count). The van der Waals surface area contributed by atoms with Crippen molar-refractivity contribution in [3.8, 4) is 0 Å². The normalized spacial score (nSPS) is 14.4. The van der Waals surface area contributed by atoms with Gasteiger partial charge in [0.05, 0.1) is 23.4 Å². The minimum absolute atomic E-state index is 0. The minimum Gasteiger partial charge on any atom is -0.379 e. The zero-order valence-electron chi connectivity index (χ0n) is 18.9. The van der Waals surface area contributed by atoms with Crippen LogP contribution in [0.2, 0.25) is 0 Å². The highest BCUT2D eigenvalue weighted by Gasteiger charge is 2.23. The summed E-state index contributed by atoms with van der Waals surface area (Å²) in [4.78, 5) is 22.9. The lowest BCUT2D eigenvalue weighted by atomic mass is 10.1. The van der Waals surface area contributed by atoms with Crippen LogP contribution >= 0.6 is 23.7 Å². The fourth-order valence-electron chi connectivity index (χ4n) is 4.16. The summed E-state index contributed by atoms with van der Waals surface area (Å²) >= 11 is 1.59. The number of aryl methyl sites for hydroxylation is 2. The largest absolute Gasteiger partial charge is 0.379 e. The van der Waals surface area contributed by atoms with E-state index >= 15 is 0 Å². The van der Waals surface area contributed by atoms with Crippen LogP contribution < -0.4 is 4.90 Å². The number of hydrogen-bond donors (Lipinski definition) is 0. The summed E-state index contributed by atoms with van der Waals surface area (Å²) in [6.45, 7) is 8.90. The van der Waals surface area contributed by atoms with Crippen molar-refractivity contribution in [1.82, 2.24) is 9.88 Å². The van der Waals surface area contributed by atoms with Gasteiger partial charge in [-0.2, -0.15) is 0 Å². The van der Waals surface area contributed by atoms with Crippen LogP contribution in [0.1, 0.15) is 21.5 Å². The van der Waals surface area contributed by atoms with Crippen LogP contribution in [0, 0.1) is 13.8 Å². The van der Waals surface area contributed by atoms with Crippen LogP contribution in [0.3, 0.4) is 0 Å². The Morgan fingerprint density at radius 2 is 1.82 bits per heavy atom. The highest BCUT2D eigenvalue weighted by Crippen LogP contribution is 2.33. The van der Waals surface area contributed by atoms with E-state index in [-0.39, 0.29) is 18.3 Å². The SMILES string of the molecule is Cc1ccc2sc(N(CCN3CCOCC3)C(=O)c3ccc4ccccc4c3)nc2c1C.Cl. The van der Waals surface area contributed by atoms with Gasteiger partial charge in [-0.15, -0.1) is 12.4 Å². The van der Waals surface area contributed by atoms with Gasteiger partial charge in [-0.1, -0.05) is 47.7 Å². The number of carbonyl (C=O) groups excluding carboxylic acids is 1. The first-order valence-electron chi connectivity index (χ1n) is 11.1. The van der Waals surface area contributed by atoms with Gasteiger partial charge in [-0.05, 0) is 53.9 Å². The molecule has 1 aromatic heterocycles. The van der Waals surface area contributed by atoms with E-state index in [4.69, 9.17) is 9.72 Å². The number of hydrogen-bond acceptors (Lipinski definition) is 5. The molecule has 1 amide bonds. The van der Waals surface area contributed by atoms with Crippen molar-refractivity contribution in [2.75, 3.05) is 44.3 Å². The lowest BCUT2D eigenvalue weighted by Crippen LogP contribution is -2.43. The van der Waals surface area contributed by atoms with Crippen LogP contribution in [-0.4, -0.2) is 55.2 Å². The molecule has 33 heavy (non-hydrogen) atoms. The van der Waals surface area contributed by atoms with Gasteiger partial charge in [-0.25, -0.2) is 4.98 Å². The molecular formula is C26H28ClN3O2S. The molecule has 0 bridgehead atoms. The fraction of sp³-hybridized carbons (Fsp3) is 0.308. The molecule has 5 nitrogen and oxygen atoms in total. The van der Waals surface area contributed by atoms with E-state index in [1.54, 1.807) is 11.3 Å². The molecule has 0 radical (unpaired) electrons. The van der Waals surface area contributed by atoms with E-state index in [1.807, 2.05) is 41.3 Å². The van der Waals surface area contributed by atoms with Crippen LogP contribution in [0.15, 0.2) is 54.6 Å². The molecule has 0 spiro atoms. The summed E-state index contributed by atoms with van der Waals surface area (Å²) in [5.41, 5.74) is 4.08. The van der Waals surface area contributed by atoms with Gasteiger partial charge in [0.15, 0.2) is 5.13 Å². The third-order valence-electron chi connectivity index (χ3n) is 6.29. The number of benzene rings is 3. The number of thiazole rings is 1. The van der Waals surface area contributed by atoms with E-state index in [0.717, 1.165) is 59.0 Å². The summed E-state index contributed by atoms with van der Waals surface area (Å²) in [5.74, 6) is -0.00237. The summed E-state index contributed by atoms with van der Waals surface area (Å²) in [7, 11) is 0. The lowest BCUT2D eigenvalue weighted by molar-refractivity contribution is 0.0391. The molecule has 0 saturated carbocycles. The first-order chi connectivity index (χ1) is 15.6. The van der Waals surface area contributed by atoms with E-state index in [2.05, 4.69) is 36.9 Å². The molecule has 0 unspecified atom stereocenters. The maximum Gasteiger partial charge on any atom is 0.260 e. The highest BCUT2D eigenvalue weighted by atomic mass is 35.5. The van der Waals surface area contributed by atoms with Crippen LogP contribution in [0.4, 0.5) is 5.13 Å². The topological polar surface area (TPSA) is 45.7 Å². The molecule has 7 heteroatoms. The molecule has 1 aliphatic heterocycles. The Bertz CT molecular complexity index is 1280. The summed E-state index contributed by atoms with van der Waals surface area (Å²) in [6.07, 6.45) is 0. The average Bonchev–Trinajstić information content (AvgIpc) is 3.26. The Morgan fingerprint density at radius 1 is 1.06 bits per heavy atom. The standard InChI is InChI=1S/C26H27N3O2S.ClH/c1-18-7-10-23-24(19(18)2)27-26(32-23)29(12-11-28-13-15-31-16-14-28)25(30)22-9-8-20-5-3-4-6-21(20)17-22;/h3-10,17H,11-16H2,1-2H3;1H. The number of anilines is 1. The number of amides is 1. The molecule has 0 atom stereocenters. The smallest absolute Gasteiger partial charge is 0.260 e. The Balaban J connectivity index is 0.00000259. The van der Waals surface area contributed by atoms with Crippen LogP contribution in [-0.2, 0) is 4.74 Å². The molecule has 2 heterocycles. The Morgan fingerprint density at radius 3 is 2.61 bits per heavy atom. The second kappa shape index (κ2) is 10.2. The van der Waals surface area contributed by atoms with Crippen molar-refractivity contribution >= 4 is 55.8 Å². The summed E-state index contributed by atoms with van der Waals surface area (Å²) < 4.78 is 6.60. The fourth-order valence-corrected chi connectivity index (χ4v) is 5.21. The van der Waals surface area contributed by atoms with Crippen molar-refractivity contribution in [2.45, 2.75) is 13.8 Å². The van der Waals surface area contributed by atoms with Gasteiger partial charge in [0.2, 0.25) is 0 Å². The summed E-state index contributed by atoms with van der Waals surface area (Å²) in [5, 5.41) is 2.97. The number of fused-ring (bicyclic) bond motifs is 2. The molecule has 3 aromatic carbocycles. The predicted molar refractivity (Wildman–Crippen MR) is 139 cm³/mol. The average molecular weight is 482 g/mol. The molecule has 0 aliphatic carbocycles. The maximum atomic E-state index is 13.7. The third kappa shape index (κ3) is 4.89. The first-order valence-corrected chi connectivity index (χ1v) is 11.9. The minimum atomic E-state index is -0.00237. The third-order valence-corrected chi connectivity index (χ3v) is 7.33. The van der Waals surface area contributed by atoms with Gasteiger partial charge < -0.3 is 4.74 Å². The van der Waals surface area contributed by atoms with Crippen molar-refractivity contribution in [2.24, 2.45) is 0 Å². The molecule has 1 aliphatic rings. The Labute approximate surface area is 204 Å². The number of carbonyl (C=O) groups is 1. The van der Waals surface area contributed by atoms with Crippen molar-refractivity contribution < 1.29 is 9.53 Å². The Hall–Kier alpha value is -2.51. The van der Waals surface area contributed by atoms with Crippen LogP contribution in [0.25, 0.3) is 21.0 Å². The number of aromatic nitrogens is 1. The molecule has 172 valence electrons. The number of halogens is 1. The summed E-state index contributed by atoms with van der Waals surface area (Å²) in [6, 6.07) is 18.3. The van der Waals surface area contributed by atoms with Gasteiger partial charge in [-0.3, -0.25) is 14.6 Å². The second-order valence-electron chi connectivity index (χ2n) is 8.32. The molecule has 1 fully saturated rings. The van der Waals surface area contributed by atoms with Crippen LogP contribution in [0.5, 0.6) is 0 Å². The lowest BCUT2D eigenvalue weighted by Gasteiger charge is -2.29. The zero-order chi connectivity index (χ0) is 22.1. The van der Waals surface area contributed by atoms with E-state index in [0.29, 0.717) is 12.1 Å².